The molecule has 0 aliphatic carbocycles. The molecule has 0 atom stereocenters. The number of carbonyl (C=O) groups is 2. The Morgan fingerprint density at radius 3 is 2.18 bits per heavy atom. The van der Waals surface area contributed by atoms with Gasteiger partial charge in [-0.15, -0.1) is 0 Å². The molecule has 0 saturated carbocycles. The molecule has 57 heavy (non-hydrogen) atoms. The number of carboxylic acid groups (broad SMARTS) is 1. The molecular formula is C42H49N4O10P. The first-order valence-electron chi connectivity index (χ1n) is 18.1. The van der Waals surface area contributed by atoms with Gasteiger partial charge in [-0.05, 0) is 54.6 Å². The van der Waals surface area contributed by atoms with Crippen LogP contribution in [0.1, 0.15) is 26.3 Å². The highest BCUT2D eigenvalue weighted by Crippen LogP contribution is 2.44. The van der Waals surface area contributed by atoms with Gasteiger partial charge in [-0.2, -0.15) is 0 Å². The Bertz CT molecular complexity index is 2250. The molecule has 15 heteroatoms. The molecule has 0 unspecified atom stereocenters. The highest BCUT2D eigenvalue weighted by atomic mass is 31.2. The van der Waals surface area contributed by atoms with Crippen LogP contribution in [-0.2, 0) is 24.2 Å². The Hall–Kier alpha value is -5.82. The van der Waals surface area contributed by atoms with Crippen molar-refractivity contribution < 1.29 is 47.7 Å². The molecule has 0 aliphatic rings. The summed E-state index contributed by atoms with van der Waals surface area (Å²) < 4.78 is 47.1. The second-order valence-electron chi connectivity index (χ2n) is 14.3. The average molecular weight is 801 g/mol. The summed E-state index contributed by atoms with van der Waals surface area (Å²) in [5.41, 5.74) is 2.29. The zero-order valence-corrected chi connectivity index (χ0v) is 34.0. The number of ether oxygens (including phenoxy) is 6. The van der Waals surface area contributed by atoms with E-state index in [4.69, 9.17) is 33.5 Å². The molecule has 1 heterocycles. The maximum Gasteiger partial charge on any atom is 0.329 e. The molecule has 0 aliphatic heterocycles. The lowest BCUT2D eigenvalue weighted by molar-refractivity contribution is -0.142. The lowest BCUT2D eigenvalue weighted by Crippen LogP contribution is -2.23. The Morgan fingerprint density at radius 1 is 0.772 bits per heavy atom. The van der Waals surface area contributed by atoms with Gasteiger partial charge in [0.05, 0.1) is 50.7 Å². The molecular weight excluding hydrogens is 751 g/mol. The number of pyridine rings is 1. The van der Waals surface area contributed by atoms with Crippen molar-refractivity contribution in [2.45, 2.75) is 26.2 Å². The van der Waals surface area contributed by atoms with Gasteiger partial charge in [-0.25, -0.2) is 14.6 Å². The maximum absolute atomic E-state index is 13.5. The Kier molecular flexibility index (Phi) is 14.0. The first-order chi connectivity index (χ1) is 27.1. The maximum atomic E-state index is 13.5. The minimum absolute atomic E-state index is 0.170. The van der Waals surface area contributed by atoms with Crippen molar-refractivity contribution in [1.82, 2.24) is 4.98 Å². The summed E-state index contributed by atoms with van der Waals surface area (Å²) in [6, 6.07) is 23.2. The minimum Gasteiger partial charge on any atom is -0.497 e. The molecule has 0 saturated heterocycles. The fourth-order valence-electron chi connectivity index (χ4n) is 5.76. The smallest absolute Gasteiger partial charge is 0.329 e. The van der Waals surface area contributed by atoms with E-state index in [0.29, 0.717) is 56.9 Å². The number of fused-ring (bicyclic) bond motifs is 1. The predicted octanol–water partition coefficient (Wildman–Crippen LogP) is 8.47. The highest BCUT2D eigenvalue weighted by Gasteiger charge is 2.26. The van der Waals surface area contributed by atoms with Gasteiger partial charge in [-0.3, -0.25) is 0 Å². The largest absolute Gasteiger partial charge is 0.497 e. The number of hydrogen-bond donors (Lipinski definition) is 4. The zero-order valence-electron chi connectivity index (χ0n) is 33.1. The number of hydrogen-bond acceptors (Lipinski definition) is 11. The van der Waals surface area contributed by atoms with Gasteiger partial charge in [-0.1, -0.05) is 45.0 Å². The Balaban J connectivity index is 1.28. The molecule has 5 rings (SSSR count). The second kappa shape index (κ2) is 18.9. The van der Waals surface area contributed by atoms with Crippen LogP contribution in [0.15, 0.2) is 85.1 Å². The first-order valence-corrected chi connectivity index (χ1v) is 20.7. The lowest BCUT2D eigenvalue weighted by Gasteiger charge is -2.25. The van der Waals surface area contributed by atoms with Crippen molar-refractivity contribution in [1.29, 1.82) is 0 Å². The summed E-state index contributed by atoms with van der Waals surface area (Å²) in [6.45, 7) is 10.1. The molecule has 0 fully saturated rings. The van der Waals surface area contributed by atoms with E-state index in [0.717, 1.165) is 16.3 Å². The number of urea groups is 1. The van der Waals surface area contributed by atoms with Crippen LogP contribution < -0.4 is 40.2 Å². The third kappa shape index (κ3) is 11.8. The summed E-state index contributed by atoms with van der Waals surface area (Å²) in [6.07, 6.45) is 1.62. The second-order valence-corrected chi connectivity index (χ2v) is 17.5. The van der Waals surface area contributed by atoms with E-state index in [1.165, 1.54) is 7.11 Å². The molecule has 0 radical (unpaired) electrons. The molecule has 14 nitrogen and oxygen atoms in total. The molecule has 5 aromatic rings. The Labute approximate surface area is 332 Å². The number of methoxy groups -OCH3 is 2. The van der Waals surface area contributed by atoms with Gasteiger partial charge in [0, 0.05) is 46.9 Å². The third-order valence-electron chi connectivity index (χ3n) is 8.54. The van der Waals surface area contributed by atoms with Crippen LogP contribution in [-0.4, -0.2) is 82.7 Å². The van der Waals surface area contributed by atoms with Crippen molar-refractivity contribution >= 4 is 58.1 Å². The predicted molar refractivity (Wildman–Crippen MR) is 223 cm³/mol. The van der Waals surface area contributed by atoms with Crippen LogP contribution in [0.3, 0.4) is 0 Å². The lowest BCUT2D eigenvalue weighted by atomic mass is 9.86. The molecule has 1 aromatic heterocycles. The number of amides is 2. The number of nitrogens with one attached hydrogen (secondary N) is 3. The van der Waals surface area contributed by atoms with Crippen molar-refractivity contribution in [3.05, 3.63) is 90.6 Å². The molecule has 4 N–H and O–H groups in total. The normalized spacial score (nSPS) is 11.5. The fraction of sp³-hybridized carbons (Fsp3) is 0.310. The monoisotopic (exact) mass is 800 g/mol. The van der Waals surface area contributed by atoms with Gasteiger partial charge in [0.2, 0.25) is 0 Å². The summed E-state index contributed by atoms with van der Waals surface area (Å²) >= 11 is 0. The number of carbonyl (C=O) groups excluding carboxylic acids is 1. The van der Waals surface area contributed by atoms with Crippen LogP contribution in [0, 0.1) is 0 Å². The highest BCUT2D eigenvalue weighted by molar-refractivity contribution is 7.70. The van der Waals surface area contributed by atoms with Crippen LogP contribution >= 0.6 is 7.14 Å². The third-order valence-corrected chi connectivity index (χ3v) is 10.0. The number of rotatable bonds is 18. The summed E-state index contributed by atoms with van der Waals surface area (Å²) in [4.78, 5) is 28.5. The fourth-order valence-corrected chi connectivity index (χ4v) is 6.91. The van der Waals surface area contributed by atoms with Crippen molar-refractivity contribution in [3.63, 3.8) is 0 Å². The molecule has 302 valence electrons. The van der Waals surface area contributed by atoms with Crippen LogP contribution in [0.25, 0.3) is 10.8 Å². The van der Waals surface area contributed by atoms with Gasteiger partial charge >= 0.3 is 12.0 Å². The van der Waals surface area contributed by atoms with Gasteiger partial charge < -0.3 is 54.0 Å². The SMILES string of the molecule is COc1cc(Nc2cc(Oc3ccc(NC(=O)Nc4cc(C(C)(C)C)cc(P(C)(C)=O)c4OC)c4ccccc34)ccn2)cc(OCCOCCOCC(=O)O)c1. The van der Waals surface area contributed by atoms with Crippen molar-refractivity contribution in [2.24, 2.45) is 0 Å². The number of benzene rings is 4. The minimum atomic E-state index is -2.76. The van der Waals surface area contributed by atoms with Crippen LogP contribution in [0.4, 0.5) is 27.7 Å². The molecule has 0 bridgehead atoms. The Morgan fingerprint density at radius 2 is 1.47 bits per heavy atom. The number of nitrogens with zero attached hydrogens (tertiary/aromatic N) is 1. The standard InChI is InChI=1S/C42H49N4O10P/c1-42(2,3)27-20-35(40(52-5)37(21-27)57(6,7)50)46-41(49)45-34-12-13-36(33-11-9-8-10-32(33)34)56-29-14-15-43-38(25-29)44-28-22-30(51-4)24-31(23-28)55-19-18-53-16-17-54-26-39(47)48/h8-15,20-25H,16-19,26H2,1-7H3,(H,43,44)(H,47,48)(H2,45,46,49). The van der Waals surface area contributed by atoms with Crippen molar-refractivity contribution in [2.75, 3.05) is 76.5 Å². The van der Waals surface area contributed by atoms with Gasteiger partial charge in [0.25, 0.3) is 0 Å². The van der Waals surface area contributed by atoms with E-state index in [2.05, 4.69) is 41.7 Å². The van der Waals surface area contributed by atoms with E-state index in [-0.39, 0.29) is 38.4 Å². The number of anilines is 4. The quantitative estimate of drug-likeness (QED) is 0.0492. The molecule has 2 amide bonds. The van der Waals surface area contributed by atoms with E-state index in [9.17, 15) is 14.2 Å². The zero-order chi connectivity index (χ0) is 41.2. The van der Waals surface area contributed by atoms with Crippen LogP contribution in [0.5, 0.6) is 28.7 Å². The average Bonchev–Trinajstić information content (AvgIpc) is 3.15. The summed E-state index contributed by atoms with van der Waals surface area (Å²) in [5.74, 6) is 2.03. The first kappa shape index (κ1) is 42.3. The van der Waals surface area contributed by atoms with E-state index in [1.54, 1.807) is 69.1 Å². The summed E-state index contributed by atoms with van der Waals surface area (Å²) in [7, 11) is 0.304. The molecule has 4 aromatic carbocycles. The number of aliphatic carboxylic acids is 1. The molecule has 0 spiro atoms. The number of aromatic nitrogens is 1. The van der Waals surface area contributed by atoms with E-state index in [1.807, 2.05) is 36.4 Å². The summed E-state index contributed by atoms with van der Waals surface area (Å²) in [5, 5.41) is 19.9. The number of carboxylic acids is 1. The van der Waals surface area contributed by atoms with E-state index >= 15 is 0 Å². The van der Waals surface area contributed by atoms with Crippen molar-refractivity contribution in [3.8, 4) is 28.7 Å². The van der Waals surface area contributed by atoms with E-state index < -0.39 is 19.1 Å². The van der Waals surface area contributed by atoms with Crippen LogP contribution in [0.2, 0.25) is 0 Å². The topological polar surface area (TPSA) is 176 Å². The van der Waals surface area contributed by atoms with Gasteiger partial charge in [0.15, 0.2) is 5.75 Å². The van der Waals surface area contributed by atoms with Gasteiger partial charge in [0.1, 0.15) is 49.2 Å².